The number of rotatable bonds is 6. The third-order valence-electron chi connectivity index (χ3n) is 1.50. The number of carbonyl (C=O) groups is 1. The summed E-state index contributed by atoms with van der Waals surface area (Å²) in [6.07, 6.45) is 6.33. The summed E-state index contributed by atoms with van der Waals surface area (Å²) in [5, 5.41) is 2.84. The minimum Gasteiger partial charge on any atom is -0.299 e. The molecular weight excluding hydrogens is 150 g/mol. The number of carbonyl (C=O) groups excluding carboxylic acids is 1. The Morgan fingerprint density at radius 1 is 1.67 bits per heavy atom. The molecule has 0 saturated heterocycles. The van der Waals surface area contributed by atoms with Gasteiger partial charge in [0.1, 0.15) is 0 Å². The normalized spacial score (nSPS) is 9.00. The Morgan fingerprint density at radius 3 is 2.83 bits per heavy atom. The first-order valence-electron chi connectivity index (χ1n) is 4.03. The van der Waals surface area contributed by atoms with Crippen LogP contribution in [0.15, 0.2) is 12.2 Å². The zero-order chi connectivity index (χ0) is 9.40. The molecule has 1 N–H and O–H groups in total. The maximum absolute atomic E-state index is 11.1. The number of hydrogen-bond acceptors (Lipinski definition) is 2. The van der Waals surface area contributed by atoms with E-state index in [1.54, 1.807) is 0 Å². The van der Waals surface area contributed by atoms with Crippen molar-refractivity contribution in [3.05, 3.63) is 12.2 Å². The van der Waals surface area contributed by atoms with E-state index in [0.29, 0.717) is 19.5 Å². The van der Waals surface area contributed by atoms with Crippen LogP contribution < -0.4 is 5.32 Å². The van der Waals surface area contributed by atoms with E-state index >= 15 is 0 Å². The first-order chi connectivity index (χ1) is 5.70. The highest BCUT2D eigenvalue weighted by atomic mass is 16.1. The molecule has 0 aromatic heterocycles. The molecule has 0 amide bonds. The maximum atomic E-state index is 11.1. The highest BCUT2D eigenvalue weighted by Crippen LogP contribution is 2.02. The van der Waals surface area contributed by atoms with Crippen molar-refractivity contribution in [1.82, 2.24) is 5.32 Å². The van der Waals surface area contributed by atoms with Gasteiger partial charge in [0.05, 0.1) is 13.1 Å². The average molecular weight is 165 g/mol. The molecule has 12 heavy (non-hydrogen) atoms. The molecule has 0 aliphatic heterocycles. The summed E-state index contributed by atoms with van der Waals surface area (Å²) in [6.45, 7) is 6.54. The molecule has 0 unspecified atom stereocenters. The van der Waals surface area contributed by atoms with E-state index < -0.39 is 0 Å². The third-order valence-corrected chi connectivity index (χ3v) is 1.50. The van der Waals surface area contributed by atoms with Gasteiger partial charge in [-0.3, -0.25) is 10.1 Å². The van der Waals surface area contributed by atoms with Crippen LogP contribution >= 0.6 is 0 Å². The summed E-state index contributed by atoms with van der Waals surface area (Å²) in [4.78, 5) is 11.1. The number of hydrogen-bond donors (Lipinski definition) is 1. The molecule has 0 fully saturated rings. The lowest BCUT2D eigenvalue weighted by Crippen LogP contribution is -2.23. The maximum Gasteiger partial charge on any atom is 0.150 e. The molecule has 0 heterocycles. The van der Waals surface area contributed by atoms with Crippen LogP contribution in [-0.2, 0) is 4.79 Å². The van der Waals surface area contributed by atoms with Crippen LogP contribution in [0.2, 0.25) is 0 Å². The fraction of sp³-hybridized carbons (Fsp3) is 0.500. The highest BCUT2D eigenvalue weighted by molar-refractivity contribution is 5.82. The summed E-state index contributed by atoms with van der Waals surface area (Å²) in [6, 6.07) is 0. The van der Waals surface area contributed by atoms with Crippen LogP contribution in [0.3, 0.4) is 0 Å². The Labute approximate surface area is 74.0 Å². The Morgan fingerprint density at radius 2 is 2.33 bits per heavy atom. The van der Waals surface area contributed by atoms with Crippen molar-refractivity contribution in [3.63, 3.8) is 0 Å². The van der Waals surface area contributed by atoms with Gasteiger partial charge in [-0.05, 0) is 6.42 Å². The van der Waals surface area contributed by atoms with Gasteiger partial charge in [-0.2, -0.15) is 0 Å². The Kier molecular flexibility index (Phi) is 6.04. The summed E-state index contributed by atoms with van der Waals surface area (Å²) >= 11 is 0. The van der Waals surface area contributed by atoms with Gasteiger partial charge in [0.15, 0.2) is 5.78 Å². The van der Waals surface area contributed by atoms with Crippen molar-refractivity contribution in [2.45, 2.75) is 19.8 Å². The molecule has 0 rings (SSSR count). The third kappa shape index (κ3) is 5.70. The molecule has 2 nitrogen and oxygen atoms in total. The fourth-order valence-corrected chi connectivity index (χ4v) is 0.740. The lowest BCUT2D eigenvalue weighted by molar-refractivity contribution is -0.117. The van der Waals surface area contributed by atoms with E-state index in [1.165, 1.54) is 0 Å². The largest absolute Gasteiger partial charge is 0.299 e. The van der Waals surface area contributed by atoms with Crippen LogP contribution in [0.25, 0.3) is 0 Å². The van der Waals surface area contributed by atoms with Crippen molar-refractivity contribution in [2.75, 3.05) is 13.1 Å². The quantitative estimate of drug-likeness (QED) is 0.363. The van der Waals surface area contributed by atoms with Gasteiger partial charge in [0, 0.05) is 6.42 Å². The van der Waals surface area contributed by atoms with E-state index in [-0.39, 0.29) is 5.78 Å². The Bertz CT molecular complexity index is 200. The van der Waals surface area contributed by atoms with Crippen LogP contribution in [0.1, 0.15) is 19.8 Å². The van der Waals surface area contributed by atoms with E-state index in [2.05, 4.69) is 17.8 Å². The Balaban J connectivity index is 3.48. The van der Waals surface area contributed by atoms with Gasteiger partial charge >= 0.3 is 0 Å². The second kappa shape index (κ2) is 6.63. The van der Waals surface area contributed by atoms with Gasteiger partial charge in [-0.15, -0.1) is 6.42 Å². The minimum absolute atomic E-state index is 0.150. The summed E-state index contributed by atoms with van der Waals surface area (Å²) in [7, 11) is 0. The smallest absolute Gasteiger partial charge is 0.150 e. The standard InChI is InChI=1S/C10H15NO/c1-4-6-11-8-10(12)7-9(3)5-2/h1,11H,3,5-8H2,2H3. The molecule has 66 valence electrons. The van der Waals surface area contributed by atoms with Crippen molar-refractivity contribution in [2.24, 2.45) is 0 Å². The molecular formula is C10H15NO. The van der Waals surface area contributed by atoms with E-state index in [0.717, 1.165) is 12.0 Å². The molecule has 0 aliphatic carbocycles. The first-order valence-corrected chi connectivity index (χ1v) is 4.03. The molecule has 0 bridgehead atoms. The topological polar surface area (TPSA) is 29.1 Å². The molecule has 0 aromatic rings. The van der Waals surface area contributed by atoms with Crippen molar-refractivity contribution >= 4 is 5.78 Å². The Hall–Kier alpha value is -1.07. The van der Waals surface area contributed by atoms with Gasteiger partial charge in [-0.25, -0.2) is 0 Å². The second-order valence-corrected chi connectivity index (χ2v) is 2.63. The summed E-state index contributed by atoms with van der Waals surface area (Å²) in [5.41, 5.74) is 0.975. The van der Waals surface area contributed by atoms with Crippen LogP contribution in [-0.4, -0.2) is 18.9 Å². The van der Waals surface area contributed by atoms with Gasteiger partial charge < -0.3 is 0 Å². The zero-order valence-electron chi connectivity index (χ0n) is 7.52. The molecule has 0 atom stereocenters. The van der Waals surface area contributed by atoms with Gasteiger partial charge in [-0.1, -0.05) is 25.0 Å². The SMILES string of the molecule is C#CCNCC(=O)CC(=C)CC. The minimum atomic E-state index is 0.150. The van der Waals surface area contributed by atoms with Crippen molar-refractivity contribution in [3.8, 4) is 12.3 Å². The first kappa shape index (κ1) is 10.9. The number of ketones is 1. The van der Waals surface area contributed by atoms with Crippen LogP contribution in [0.4, 0.5) is 0 Å². The fourth-order valence-electron chi connectivity index (χ4n) is 0.740. The number of allylic oxidation sites excluding steroid dienone is 1. The molecule has 0 saturated carbocycles. The number of terminal acetylenes is 1. The van der Waals surface area contributed by atoms with Gasteiger partial charge in [0.25, 0.3) is 0 Å². The predicted octanol–water partition coefficient (Wildman–Crippen LogP) is 1.13. The monoisotopic (exact) mass is 165 g/mol. The van der Waals surface area contributed by atoms with E-state index in [9.17, 15) is 4.79 Å². The van der Waals surface area contributed by atoms with Crippen molar-refractivity contribution < 1.29 is 4.79 Å². The average Bonchev–Trinajstić information content (AvgIpc) is 2.05. The lowest BCUT2D eigenvalue weighted by Gasteiger charge is -2.01. The molecule has 0 spiro atoms. The molecule has 2 heteroatoms. The summed E-state index contributed by atoms with van der Waals surface area (Å²) < 4.78 is 0. The molecule has 0 aliphatic rings. The number of Topliss-reactive ketones (excluding diaryl/α,β-unsaturated/α-hetero) is 1. The van der Waals surface area contributed by atoms with Crippen LogP contribution in [0.5, 0.6) is 0 Å². The second-order valence-electron chi connectivity index (χ2n) is 2.63. The summed E-state index contributed by atoms with van der Waals surface area (Å²) in [5.74, 6) is 2.55. The van der Waals surface area contributed by atoms with Crippen LogP contribution in [0, 0.1) is 12.3 Å². The zero-order valence-corrected chi connectivity index (χ0v) is 7.52. The number of nitrogens with one attached hydrogen (secondary N) is 1. The predicted molar refractivity (Wildman–Crippen MR) is 50.8 cm³/mol. The highest BCUT2D eigenvalue weighted by Gasteiger charge is 2.01. The molecule has 0 radical (unpaired) electrons. The van der Waals surface area contributed by atoms with E-state index in [1.807, 2.05) is 6.92 Å². The lowest BCUT2D eigenvalue weighted by atomic mass is 10.1. The van der Waals surface area contributed by atoms with Gasteiger partial charge in [0.2, 0.25) is 0 Å². The van der Waals surface area contributed by atoms with Crippen molar-refractivity contribution in [1.29, 1.82) is 0 Å². The molecule has 0 aromatic carbocycles. The van der Waals surface area contributed by atoms with E-state index in [4.69, 9.17) is 6.42 Å².